The summed E-state index contributed by atoms with van der Waals surface area (Å²) in [7, 11) is -1.63. The molecule has 4 rings (SSSR count). The SMILES string of the molecule is CSc1ccc(CNC(=O)C2CCN(S(=O)(=O)c3ccc4c(ccn4C)c3)CC2)cc1. The van der Waals surface area contributed by atoms with E-state index in [2.05, 4.69) is 5.32 Å². The molecule has 1 aromatic heterocycles. The number of nitrogens with one attached hydrogen (secondary N) is 1. The largest absolute Gasteiger partial charge is 0.352 e. The molecule has 31 heavy (non-hydrogen) atoms. The third-order valence-corrected chi connectivity index (χ3v) is 8.58. The lowest BCUT2D eigenvalue weighted by atomic mass is 9.97. The molecule has 2 aromatic carbocycles. The first-order valence-corrected chi connectivity index (χ1v) is 13.0. The molecule has 1 saturated heterocycles. The van der Waals surface area contributed by atoms with Gasteiger partial charge in [0.05, 0.1) is 4.90 Å². The van der Waals surface area contributed by atoms with Crippen LogP contribution in [0, 0.1) is 5.92 Å². The summed E-state index contributed by atoms with van der Waals surface area (Å²) in [5.41, 5.74) is 2.06. The van der Waals surface area contributed by atoms with E-state index in [4.69, 9.17) is 0 Å². The zero-order valence-electron chi connectivity index (χ0n) is 17.7. The van der Waals surface area contributed by atoms with Crippen LogP contribution in [0.3, 0.4) is 0 Å². The number of aryl methyl sites for hydroxylation is 1. The average Bonchev–Trinajstić information content (AvgIpc) is 3.18. The van der Waals surface area contributed by atoms with Crippen molar-refractivity contribution in [2.24, 2.45) is 13.0 Å². The molecule has 1 fully saturated rings. The molecule has 0 bridgehead atoms. The molecular weight excluding hydrogens is 430 g/mol. The first kappa shape index (κ1) is 21.9. The van der Waals surface area contributed by atoms with Gasteiger partial charge in [-0.15, -0.1) is 11.8 Å². The monoisotopic (exact) mass is 457 g/mol. The van der Waals surface area contributed by atoms with Gasteiger partial charge in [-0.2, -0.15) is 4.31 Å². The van der Waals surface area contributed by atoms with Gasteiger partial charge in [-0.25, -0.2) is 8.42 Å². The molecule has 0 atom stereocenters. The van der Waals surface area contributed by atoms with Crippen LogP contribution in [-0.2, 0) is 28.4 Å². The molecule has 2 heterocycles. The molecule has 0 aliphatic carbocycles. The number of hydrogen-bond acceptors (Lipinski definition) is 4. The van der Waals surface area contributed by atoms with Gasteiger partial charge in [-0.1, -0.05) is 12.1 Å². The van der Waals surface area contributed by atoms with E-state index >= 15 is 0 Å². The fraction of sp³-hybridized carbons (Fsp3) is 0.348. The van der Waals surface area contributed by atoms with Crippen LogP contribution in [-0.4, -0.2) is 42.5 Å². The lowest BCUT2D eigenvalue weighted by molar-refractivity contribution is -0.126. The summed E-state index contributed by atoms with van der Waals surface area (Å²) in [6.45, 7) is 1.20. The van der Waals surface area contributed by atoms with E-state index in [-0.39, 0.29) is 11.8 Å². The van der Waals surface area contributed by atoms with Gasteiger partial charge < -0.3 is 9.88 Å². The Morgan fingerprint density at radius 2 is 1.81 bits per heavy atom. The van der Waals surface area contributed by atoms with Gasteiger partial charge in [0.2, 0.25) is 15.9 Å². The van der Waals surface area contributed by atoms with Crippen molar-refractivity contribution in [1.29, 1.82) is 0 Å². The van der Waals surface area contributed by atoms with Gasteiger partial charge in [0.25, 0.3) is 0 Å². The van der Waals surface area contributed by atoms with Crippen LogP contribution in [0.5, 0.6) is 0 Å². The van der Waals surface area contributed by atoms with Crippen molar-refractivity contribution < 1.29 is 13.2 Å². The molecule has 8 heteroatoms. The van der Waals surface area contributed by atoms with E-state index in [1.165, 1.54) is 9.20 Å². The molecule has 1 amide bonds. The summed E-state index contributed by atoms with van der Waals surface area (Å²) in [6, 6.07) is 15.3. The van der Waals surface area contributed by atoms with Crippen molar-refractivity contribution >= 4 is 38.6 Å². The molecule has 3 aromatic rings. The third-order valence-electron chi connectivity index (χ3n) is 5.94. The molecule has 164 valence electrons. The minimum atomic E-state index is -3.56. The highest BCUT2D eigenvalue weighted by Gasteiger charge is 2.32. The number of sulfonamides is 1. The van der Waals surface area contributed by atoms with E-state index in [9.17, 15) is 13.2 Å². The Hall–Kier alpha value is -2.29. The highest BCUT2D eigenvalue weighted by atomic mass is 32.2. The zero-order valence-corrected chi connectivity index (χ0v) is 19.4. The molecule has 0 radical (unpaired) electrons. The molecule has 6 nitrogen and oxygen atoms in total. The molecule has 1 aliphatic rings. The maximum Gasteiger partial charge on any atom is 0.243 e. The predicted octanol–water partition coefficient (Wildman–Crippen LogP) is 3.62. The van der Waals surface area contributed by atoms with Crippen LogP contribution in [0.2, 0.25) is 0 Å². The number of piperidine rings is 1. The first-order chi connectivity index (χ1) is 14.9. The van der Waals surface area contributed by atoms with Gasteiger partial charge in [0, 0.05) is 54.6 Å². The van der Waals surface area contributed by atoms with Gasteiger partial charge in [-0.3, -0.25) is 4.79 Å². The number of amides is 1. The summed E-state index contributed by atoms with van der Waals surface area (Å²) >= 11 is 1.68. The molecule has 0 saturated carbocycles. The Bertz CT molecular complexity index is 1180. The number of hydrogen-bond donors (Lipinski definition) is 1. The van der Waals surface area contributed by atoms with Crippen LogP contribution in [0.15, 0.2) is 64.5 Å². The molecular formula is C23H27N3O3S2. The zero-order chi connectivity index (χ0) is 22.0. The van der Waals surface area contributed by atoms with Crippen LogP contribution in [0.1, 0.15) is 18.4 Å². The Balaban J connectivity index is 1.34. The summed E-state index contributed by atoms with van der Waals surface area (Å²) in [6.07, 6.45) is 5.01. The number of carbonyl (C=O) groups is 1. The van der Waals surface area contributed by atoms with E-state index < -0.39 is 10.0 Å². The Morgan fingerprint density at radius 3 is 2.48 bits per heavy atom. The Kier molecular flexibility index (Phi) is 6.41. The number of nitrogens with zero attached hydrogens (tertiary/aromatic N) is 2. The normalized spacial score (nSPS) is 15.9. The minimum absolute atomic E-state index is 0.00306. The quantitative estimate of drug-likeness (QED) is 0.574. The van der Waals surface area contributed by atoms with Crippen LogP contribution >= 0.6 is 11.8 Å². The van der Waals surface area contributed by atoms with Crippen molar-refractivity contribution in [3.05, 3.63) is 60.3 Å². The molecule has 0 unspecified atom stereocenters. The van der Waals surface area contributed by atoms with Crippen LogP contribution in [0.25, 0.3) is 10.9 Å². The maximum absolute atomic E-state index is 13.1. The number of fused-ring (bicyclic) bond motifs is 1. The number of thioether (sulfide) groups is 1. The number of carbonyl (C=O) groups excluding carboxylic acids is 1. The predicted molar refractivity (Wildman–Crippen MR) is 124 cm³/mol. The second-order valence-electron chi connectivity index (χ2n) is 7.89. The van der Waals surface area contributed by atoms with Crippen molar-refractivity contribution in [2.45, 2.75) is 29.2 Å². The standard InChI is InChI=1S/C23H27N3O3S2/c1-25-12-9-19-15-21(7-8-22(19)25)31(28,29)26-13-10-18(11-14-26)23(27)24-16-17-3-5-20(30-2)6-4-17/h3-9,12,15,18H,10-11,13-14,16H2,1-2H3,(H,24,27). The Morgan fingerprint density at radius 1 is 1.10 bits per heavy atom. The summed E-state index contributed by atoms with van der Waals surface area (Å²) in [5, 5.41) is 3.90. The topological polar surface area (TPSA) is 71.4 Å². The maximum atomic E-state index is 13.1. The van der Waals surface area contributed by atoms with E-state index in [1.54, 1.807) is 23.9 Å². The smallest absolute Gasteiger partial charge is 0.243 e. The van der Waals surface area contributed by atoms with E-state index in [0.717, 1.165) is 16.5 Å². The lowest BCUT2D eigenvalue weighted by Gasteiger charge is -2.30. The summed E-state index contributed by atoms with van der Waals surface area (Å²) < 4.78 is 29.7. The van der Waals surface area contributed by atoms with Crippen LogP contribution < -0.4 is 5.32 Å². The van der Waals surface area contributed by atoms with Gasteiger partial charge in [0.15, 0.2) is 0 Å². The molecule has 0 spiro atoms. The highest BCUT2D eigenvalue weighted by molar-refractivity contribution is 7.98. The summed E-state index contributed by atoms with van der Waals surface area (Å²) in [4.78, 5) is 14.1. The lowest BCUT2D eigenvalue weighted by Crippen LogP contribution is -2.42. The van der Waals surface area contributed by atoms with E-state index in [1.807, 2.05) is 60.5 Å². The van der Waals surface area contributed by atoms with Gasteiger partial charge >= 0.3 is 0 Å². The van der Waals surface area contributed by atoms with E-state index in [0.29, 0.717) is 37.4 Å². The average molecular weight is 458 g/mol. The minimum Gasteiger partial charge on any atom is -0.352 e. The van der Waals surface area contributed by atoms with Gasteiger partial charge in [0.1, 0.15) is 0 Å². The van der Waals surface area contributed by atoms with Crippen LogP contribution in [0.4, 0.5) is 0 Å². The van der Waals surface area contributed by atoms with Crippen molar-refractivity contribution in [3.63, 3.8) is 0 Å². The Labute approximate surface area is 187 Å². The first-order valence-electron chi connectivity index (χ1n) is 10.3. The van der Waals surface area contributed by atoms with Crippen molar-refractivity contribution in [1.82, 2.24) is 14.2 Å². The van der Waals surface area contributed by atoms with Crippen molar-refractivity contribution in [3.8, 4) is 0 Å². The van der Waals surface area contributed by atoms with Gasteiger partial charge in [-0.05, 0) is 61.1 Å². The molecule has 1 N–H and O–H groups in total. The number of benzene rings is 2. The third kappa shape index (κ3) is 4.66. The molecule has 1 aliphatic heterocycles. The second kappa shape index (κ2) is 9.06. The highest BCUT2D eigenvalue weighted by Crippen LogP contribution is 2.26. The second-order valence-corrected chi connectivity index (χ2v) is 10.7. The van der Waals surface area contributed by atoms with Crippen molar-refractivity contribution in [2.75, 3.05) is 19.3 Å². The fourth-order valence-corrected chi connectivity index (χ4v) is 5.92. The fourth-order valence-electron chi connectivity index (χ4n) is 4.00. The number of aromatic nitrogens is 1. The summed E-state index contributed by atoms with van der Waals surface area (Å²) in [5.74, 6) is -0.162. The number of rotatable bonds is 6.